The van der Waals surface area contributed by atoms with Crippen LogP contribution in [0, 0.1) is 6.92 Å². The summed E-state index contributed by atoms with van der Waals surface area (Å²) < 4.78 is 16.6. The lowest BCUT2D eigenvalue weighted by molar-refractivity contribution is 0.0847. The molecule has 1 amide bonds. The average molecular weight is 330 g/mol. The summed E-state index contributed by atoms with van der Waals surface area (Å²) >= 11 is 0. The fourth-order valence-electron chi connectivity index (χ4n) is 2.63. The Bertz CT molecular complexity index is 675. The monoisotopic (exact) mass is 330 g/mol. The first kappa shape index (κ1) is 16.5. The summed E-state index contributed by atoms with van der Waals surface area (Å²) in [5.41, 5.74) is 1.47. The molecular weight excluding hydrogens is 308 g/mol. The van der Waals surface area contributed by atoms with Gasteiger partial charge in [-0.05, 0) is 38.8 Å². The smallest absolute Gasteiger partial charge is 0.273 e. The quantitative estimate of drug-likeness (QED) is 0.881. The van der Waals surface area contributed by atoms with Gasteiger partial charge < -0.3 is 19.2 Å². The van der Waals surface area contributed by atoms with Gasteiger partial charge in [-0.15, -0.1) is 0 Å². The standard InChI is InChI=1S/C18H22N2O4/c1-12-5-7-14(8-6-12)23-10-13(2)20-18(21)16-17(24-11-19-16)15-4-3-9-22-15/h5-8,11,13,15H,3-4,9-10H2,1-2H3,(H,20,21). The maximum absolute atomic E-state index is 12.4. The van der Waals surface area contributed by atoms with Crippen LogP contribution in [0.5, 0.6) is 5.75 Å². The Morgan fingerprint density at radius 3 is 2.92 bits per heavy atom. The van der Waals surface area contributed by atoms with E-state index in [4.69, 9.17) is 13.9 Å². The van der Waals surface area contributed by atoms with Crippen LogP contribution in [0.15, 0.2) is 35.1 Å². The number of ether oxygens (including phenoxy) is 2. The normalized spacial score (nSPS) is 18.3. The van der Waals surface area contributed by atoms with Crippen LogP contribution < -0.4 is 10.1 Å². The van der Waals surface area contributed by atoms with Crippen LogP contribution in [0.25, 0.3) is 0 Å². The number of hydrogen-bond donors (Lipinski definition) is 1. The van der Waals surface area contributed by atoms with E-state index in [-0.39, 0.29) is 18.1 Å². The highest BCUT2D eigenvalue weighted by Gasteiger charge is 2.28. The van der Waals surface area contributed by atoms with E-state index in [0.717, 1.165) is 18.6 Å². The number of aryl methyl sites for hydroxylation is 1. The molecule has 24 heavy (non-hydrogen) atoms. The van der Waals surface area contributed by atoms with Gasteiger partial charge in [0.2, 0.25) is 0 Å². The summed E-state index contributed by atoms with van der Waals surface area (Å²) in [5.74, 6) is 1.02. The van der Waals surface area contributed by atoms with E-state index >= 15 is 0 Å². The van der Waals surface area contributed by atoms with Gasteiger partial charge in [-0.3, -0.25) is 4.79 Å². The molecule has 0 radical (unpaired) electrons. The summed E-state index contributed by atoms with van der Waals surface area (Å²) in [4.78, 5) is 16.4. The molecule has 1 aliphatic rings. The highest BCUT2D eigenvalue weighted by molar-refractivity contribution is 5.93. The zero-order chi connectivity index (χ0) is 16.9. The molecule has 6 nitrogen and oxygen atoms in total. The third-order valence-corrected chi connectivity index (χ3v) is 3.93. The van der Waals surface area contributed by atoms with Gasteiger partial charge in [0.25, 0.3) is 5.91 Å². The van der Waals surface area contributed by atoms with Crippen LogP contribution in [0.4, 0.5) is 0 Å². The number of oxazole rings is 1. The molecule has 0 spiro atoms. The van der Waals surface area contributed by atoms with E-state index in [1.54, 1.807) is 0 Å². The van der Waals surface area contributed by atoms with Crippen LogP contribution in [0.3, 0.4) is 0 Å². The van der Waals surface area contributed by atoms with Crippen molar-refractivity contribution in [2.24, 2.45) is 0 Å². The molecular formula is C18H22N2O4. The van der Waals surface area contributed by atoms with E-state index in [2.05, 4.69) is 10.3 Å². The lowest BCUT2D eigenvalue weighted by Crippen LogP contribution is -2.37. The Morgan fingerprint density at radius 2 is 2.21 bits per heavy atom. The molecule has 128 valence electrons. The molecule has 2 heterocycles. The van der Waals surface area contributed by atoms with Gasteiger partial charge in [-0.25, -0.2) is 4.98 Å². The SMILES string of the molecule is Cc1ccc(OCC(C)NC(=O)c2ncoc2C2CCCO2)cc1. The van der Waals surface area contributed by atoms with Crippen molar-refractivity contribution in [3.8, 4) is 5.75 Å². The number of benzene rings is 1. The Balaban J connectivity index is 1.54. The Labute approximate surface area is 141 Å². The van der Waals surface area contributed by atoms with E-state index in [1.165, 1.54) is 12.0 Å². The molecule has 1 aliphatic heterocycles. The molecule has 0 saturated carbocycles. The van der Waals surface area contributed by atoms with Crippen molar-refractivity contribution < 1.29 is 18.7 Å². The van der Waals surface area contributed by atoms with Crippen LogP contribution >= 0.6 is 0 Å². The molecule has 6 heteroatoms. The second kappa shape index (κ2) is 7.49. The summed E-state index contributed by atoms with van der Waals surface area (Å²) in [6, 6.07) is 7.64. The number of rotatable bonds is 6. The lowest BCUT2D eigenvalue weighted by atomic mass is 10.1. The number of carbonyl (C=O) groups excluding carboxylic acids is 1. The third-order valence-electron chi connectivity index (χ3n) is 3.93. The number of carbonyl (C=O) groups is 1. The van der Waals surface area contributed by atoms with E-state index < -0.39 is 0 Å². The molecule has 1 aromatic heterocycles. The minimum atomic E-state index is -0.269. The second-order valence-electron chi connectivity index (χ2n) is 6.07. The maximum atomic E-state index is 12.4. The molecule has 1 N–H and O–H groups in total. The number of nitrogens with one attached hydrogen (secondary N) is 1. The van der Waals surface area contributed by atoms with Gasteiger partial charge in [0, 0.05) is 6.61 Å². The molecule has 1 saturated heterocycles. The van der Waals surface area contributed by atoms with Crippen molar-refractivity contribution in [2.75, 3.05) is 13.2 Å². The molecule has 2 atom stereocenters. The van der Waals surface area contributed by atoms with Crippen molar-refractivity contribution in [1.82, 2.24) is 10.3 Å². The van der Waals surface area contributed by atoms with Crippen molar-refractivity contribution >= 4 is 5.91 Å². The molecule has 2 unspecified atom stereocenters. The zero-order valence-corrected chi connectivity index (χ0v) is 14.0. The number of hydrogen-bond acceptors (Lipinski definition) is 5. The topological polar surface area (TPSA) is 73.6 Å². The average Bonchev–Trinajstić information content (AvgIpc) is 3.25. The first-order chi connectivity index (χ1) is 11.6. The molecule has 1 fully saturated rings. The van der Waals surface area contributed by atoms with Crippen LogP contribution in [-0.4, -0.2) is 30.1 Å². The highest BCUT2D eigenvalue weighted by Crippen LogP contribution is 2.30. The second-order valence-corrected chi connectivity index (χ2v) is 6.07. The van der Waals surface area contributed by atoms with Crippen molar-refractivity contribution in [2.45, 2.75) is 38.8 Å². The minimum absolute atomic E-state index is 0.159. The van der Waals surface area contributed by atoms with Gasteiger partial charge >= 0.3 is 0 Å². The van der Waals surface area contributed by atoms with Crippen LogP contribution in [-0.2, 0) is 4.74 Å². The summed E-state index contributed by atoms with van der Waals surface area (Å²) in [7, 11) is 0. The highest BCUT2D eigenvalue weighted by atomic mass is 16.5. The Kier molecular flexibility index (Phi) is 5.15. The molecule has 0 aliphatic carbocycles. The molecule has 1 aromatic carbocycles. The first-order valence-corrected chi connectivity index (χ1v) is 8.19. The summed E-state index contributed by atoms with van der Waals surface area (Å²) in [6.45, 7) is 4.98. The number of amides is 1. The van der Waals surface area contributed by atoms with Gasteiger partial charge in [0.15, 0.2) is 17.8 Å². The first-order valence-electron chi connectivity index (χ1n) is 8.19. The number of nitrogens with zero attached hydrogens (tertiary/aromatic N) is 1. The van der Waals surface area contributed by atoms with E-state index in [0.29, 0.717) is 24.7 Å². The van der Waals surface area contributed by atoms with E-state index in [1.807, 2.05) is 38.1 Å². The summed E-state index contributed by atoms with van der Waals surface area (Å²) in [5, 5.41) is 2.89. The predicted octanol–water partition coefficient (Wildman–Crippen LogP) is 3.03. The van der Waals surface area contributed by atoms with Gasteiger partial charge in [-0.2, -0.15) is 0 Å². The molecule has 0 bridgehead atoms. The van der Waals surface area contributed by atoms with Crippen molar-refractivity contribution in [3.05, 3.63) is 47.7 Å². The van der Waals surface area contributed by atoms with Gasteiger partial charge in [0.05, 0.1) is 6.04 Å². The maximum Gasteiger partial charge on any atom is 0.273 e. The Morgan fingerprint density at radius 1 is 1.42 bits per heavy atom. The van der Waals surface area contributed by atoms with Crippen LogP contribution in [0.2, 0.25) is 0 Å². The predicted molar refractivity (Wildman–Crippen MR) is 88.0 cm³/mol. The van der Waals surface area contributed by atoms with Crippen molar-refractivity contribution in [1.29, 1.82) is 0 Å². The zero-order valence-electron chi connectivity index (χ0n) is 14.0. The fraction of sp³-hybridized carbons (Fsp3) is 0.444. The lowest BCUT2D eigenvalue weighted by Gasteiger charge is -2.15. The fourth-order valence-corrected chi connectivity index (χ4v) is 2.63. The molecule has 2 aromatic rings. The Hall–Kier alpha value is -2.34. The third kappa shape index (κ3) is 3.94. The largest absolute Gasteiger partial charge is 0.491 e. The van der Waals surface area contributed by atoms with Gasteiger partial charge in [-0.1, -0.05) is 17.7 Å². The van der Waals surface area contributed by atoms with Crippen molar-refractivity contribution in [3.63, 3.8) is 0 Å². The van der Waals surface area contributed by atoms with E-state index in [9.17, 15) is 4.79 Å². The summed E-state index contributed by atoms with van der Waals surface area (Å²) in [6.07, 6.45) is 2.93. The van der Waals surface area contributed by atoms with Crippen LogP contribution in [0.1, 0.15) is 47.7 Å². The number of aromatic nitrogens is 1. The van der Waals surface area contributed by atoms with Gasteiger partial charge in [0.1, 0.15) is 18.5 Å². The minimum Gasteiger partial charge on any atom is -0.491 e. The molecule has 3 rings (SSSR count).